The van der Waals surface area contributed by atoms with E-state index in [1.807, 2.05) is 30.3 Å². The van der Waals surface area contributed by atoms with E-state index >= 15 is 0 Å². The lowest BCUT2D eigenvalue weighted by Crippen LogP contribution is -2.08. The molecule has 102 valence electrons. The van der Waals surface area contributed by atoms with Crippen molar-refractivity contribution in [1.82, 2.24) is 0 Å². The first-order valence-electron chi connectivity index (χ1n) is 6.62. The summed E-state index contributed by atoms with van der Waals surface area (Å²) in [6.45, 7) is 0. The van der Waals surface area contributed by atoms with Crippen LogP contribution in [0.15, 0.2) is 60.0 Å². The molecule has 0 aliphatic rings. The first kappa shape index (κ1) is 13.5. The number of hydrogen-bond acceptors (Lipinski definition) is 2. The van der Waals surface area contributed by atoms with Gasteiger partial charge in [0.2, 0.25) is 0 Å². The normalized spacial score (nSPS) is 12.4. The SMILES string of the molecule is ClCC[C@H](Oc1cccc2sccc12)c1ccccc1. The maximum absolute atomic E-state index is 6.23. The molecule has 0 amide bonds. The Morgan fingerprint density at radius 3 is 2.65 bits per heavy atom. The summed E-state index contributed by atoms with van der Waals surface area (Å²) in [7, 11) is 0. The molecule has 0 N–H and O–H groups in total. The Labute approximate surface area is 127 Å². The van der Waals surface area contributed by atoms with Gasteiger partial charge in [0.15, 0.2) is 0 Å². The maximum atomic E-state index is 6.23. The molecule has 0 saturated carbocycles. The van der Waals surface area contributed by atoms with E-state index in [2.05, 4.69) is 29.6 Å². The number of thiophene rings is 1. The lowest BCUT2D eigenvalue weighted by molar-refractivity contribution is 0.205. The fraction of sp³-hybridized carbons (Fsp3) is 0.176. The lowest BCUT2D eigenvalue weighted by atomic mass is 10.1. The van der Waals surface area contributed by atoms with Crippen molar-refractivity contribution in [2.75, 3.05) is 5.88 Å². The second kappa shape index (κ2) is 6.29. The molecule has 0 radical (unpaired) electrons. The van der Waals surface area contributed by atoms with Crippen molar-refractivity contribution in [3.05, 3.63) is 65.5 Å². The lowest BCUT2D eigenvalue weighted by Gasteiger charge is -2.19. The molecule has 1 atom stereocenters. The minimum absolute atomic E-state index is 0.000741. The number of alkyl halides is 1. The standard InChI is InChI=1S/C17H15ClOS/c18-11-9-15(13-5-2-1-3-6-13)19-16-7-4-8-17-14(16)10-12-20-17/h1-8,10,12,15H,9,11H2/t15-/m0/s1. The molecule has 0 aliphatic heterocycles. The van der Waals surface area contributed by atoms with Crippen molar-refractivity contribution in [3.63, 3.8) is 0 Å². The molecule has 0 fully saturated rings. The molecule has 0 saturated heterocycles. The first-order valence-corrected chi connectivity index (χ1v) is 8.03. The third-order valence-electron chi connectivity index (χ3n) is 3.27. The summed E-state index contributed by atoms with van der Waals surface area (Å²) in [6, 6.07) is 18.5. The number of fused-ring (bicyclic) bond motifs is 1. The second-order valence-electron chi connectivity index (χ2n) is 4.58. The highest BCUT2D eigenvalue weighted by molar-refractivity contribution is 7.17. The molecule has 0 bridgehead atoms. The fourth-order valence-electron chi connectivity index (χ4n) is 2.28. The zero-order valence-corrected chi connectivity index (χ0v) is 12.5. The number of rotatable bonds is 5. The largest absolute Gasteiger partial charge is 0.485 e. The third kappa shape index (κ3) is 2.82. The van der Waals surface area contributed by atoms with Crippen molar-refractivity contribution in [2.24, 2.45) is 0 Å². The van der Waals surface area contributed by atoms with E-state index in [-0.39, 0.29) is 6.10 Å². The topological polar surface area (TPSA) is 9.23 Å². The van der Waals surface area contributed by atoms with Crippen molar-refractivity contribution in [3.8, 4) is 5.75 Å². The number of halogens is 1. The summed E-state index contributed by atoms with van der Waals surface area (Å²) in [5.74, 6) is 1.52. The Bertz CT molecular complexity index is 678. The van der Waals surface area contributed by atoms with Crippen LogP contribution >= 0.6 is 22.9 Å². The van der Waals surface area contributed by atoms with Gasteiger partial charge in [-0.15, -0.1) is 22.9 Å². The minimum atomic E-state index is -0.000741. The summed E-state index contributed by atoms with van der Waals surface area (Å²) >= 11 is 7.66. The molecule has 1 aromatic heterocycles. The van der Waals surface area contributed by atoms with E-state index in [4.69, 9.17) is 16.3 Å². The Hall–Kier alpha value is -1.51. The summed E-state index contributed by atoms with van der Waals surface area (Å²) in [4.78, 5) is 0. The van der Waals surface area contributed by atoms with Crippen LogP contribution in [0.4, 0.5) is 0 Å². The van der Waals surface area contributed by atoms with Gasteiger partial charge >= 0.3 is 0 Å². The van der Waals surface area contributed by atoms with Gasteiger partial charge in [-0.1, -0.05) is 36.4 Å². The number of benzene rings is 2. The monoisotopic (exact) mass is 302 g/mol. The van der Waals surface area contributed by atoms with E-state index in [0.29, 0.717) is 5.88 Å². The molecule has 3 rings (SSSR count). The Balaban J connectivity index is 1.92. The molecule has 0 spiro atoms. The van der Waals surface area contributed by atoms with Crippen LogP contribution in [0.3, 0.4) is 0 Å². The quantitative estimate of drug-likeness (QED) is 0.553. The maximum Gasteiger partial charge on any atom is 0.128 e. The van der Waals surface area contributed by atoms with Crippen LogP contribution in [0.1, 0.15) is 18.1 Å². The van der Waals surface area contributed by atoms with E-state index < -0.39 is 0 Å². The predicted octanol–water partition coefficient (Wildman–Crippen LogP) is 5.65. The zero-order chi connectivity index (χ0) is 13.8. The molecule has 3 heteroatoms. The van der Waals surface area contributed by atoms with Gasteiger partial charge in [0, 0.05) is 22.4 Å². The van der Waals surface area contributed by atoms with E-state index in [9.17, 15) is 0 Å². The van der Waals surface area contributed by atoms with Gasteiger partial charge in [-0.2, -0.15) is 0 Å². The molecule has 0 aliphatic carbocycles. The summed E-state index contributed by atoms with van der Waals surface area (Å²) in [5.41, 5.74) is 1.17. The van der Waals surface area contributed by atoms with E-state index in [1.54, 1.807) is 11.3 Å². The molecule has 1 nitrogen and oxygen atoms in total. The smallest absolute Gasteiger partial charge is 0.128 e. The van der Waals surface area contributed by atoms with Gasteiger partial charge in [0.1, 0.15) is 11.9 Å². The molecular formula is C17H15ClOS. The van der Waals surface area contributed by atoms with Gasteiger partial charge in [-0.25, -0.2) is 0 Å². The highest BCUT2D eigenvalue weighted by atomic mass is 35.5. The molecule has 0 unspecified atom stereocenters. The minimum Gasteiger partial charge on any atom is -0.485 e. The predicted molar refractivity (Wildman–Crippen MR) is 87.0 cm³/mol. The highest BCUT2D eigenvalue weighted by Crippen LogP contribution is 2.33. The van der Waals surface area contributed by atoms with Gasteiger partial charge in [-0.3, -0.25) is 0 Å². The van der Waals surface area contributed by atoms with Crippen LogP contribution in [0.25, 0.3) is 10.1 Å². The van der Waals surface area contributed by atoms with Gasteiger partial charge in [0.05, 0.1) is 0 Å². The van der Waals surface area contributed by atoms with E-state index in [0.717, 1.165) is 12.2 Å². The van der Waals surface area contributed by atoms with Crippen LogP contribution in [-0.4, -0.2) is 5.88 Å². The average Bonchev–Trinajstić information content (AvgIpc) is 2.97. The van der Waals surface area contributed by atoms with Gasteiger partial charge in [-0.05, 0) is 29.1 Å². The second-order valence-corrected chi connectivity index (χ2v) is 5.91. The van der Waals surface area contributed by atoms with Crippen LogP contribution in [-0.2, 0) is 0 Å². The van der Waals surface area contributed by atoms with Gasteiger partial charge in [0.25, 0.3) is 0 Å². The average molecular weight is 303 g/mol. The van der Waals surface area contributed by atoms with Crippen molar-refractivity contribution in [1.29, 1.82) is 0 Å². The Morgan fingerprint density at radius 2 is 1.85 bits per heavy atom. The van der Waals surface area contributed by atoms with Crippen LogP contribution in [0, 0.1) is 0 Å². The molecule has 3 aromatic rings. The van der Waals surface area contributed by atoms with Crippen molar-refractivity contribution >= 4 is 33.0 Å². The fourth-order valence-corrected chi connectivity index (χ4v) is 3.28. The van der Waals surface area contributed by atoms with Crippen molar-refractivity contribution < 1.29 is 4.74 Å². The number of ether oxygens (including phenoxy) is 1. The van der Waals surface area contributed by atoms with Crippen LogP contribution < -0.4 is 4.74 Å². The summed E-state index contributed by atoms with van der Waals surface area (Å²) in [6.07, 6.45) is 0.797. The Morgan fingerprint density at radius 1 is 1.00 bits per heavy atom. The van der Waals surface area contributed by atoms with Crippen molar-refractivity contribution in [2.45, 2.75) is 12.5 Å². The van der Waals surface area contributed by atoms with Gasteiger partial charge < -0.3 is 4.74 Å². The number of hydrogen-bond donors (Lipinski definition) is 0. The van der Waals surface area contributed by atoms with Crippen LogP contribution in [0.5, 0.6) is 5.75 Å². The van der Waals surface area contributed by atoms with E-state index in [1.165, 1.54) is 15.6 Å². The summed E-state index contributed by atoms with van der Waals surface area (Å²) in [5, 5.41) is 3.27. The first-order chi connectivity index (χ1) is 9.88. The zero-order valence-electron chi connectivity index (χ0n) is 11.0. The molecule has 1 heterocycles. The summed E-state index contributed by atoms with van der Waals surface area (Å²) < 4.78 is 7.48. The Kier molecular flexibility index (Phi) is 4.24. The molecule has 20 heavy (non-hydrogen) atoms. The molecule has 2 aromatic carbocycles. The van der Waals surface area contributed by atoms with Crippen LogP contribution in [0.2, 0.25) is 0 Å². The third-order valence-corrected chi connectivity index (χ3v) is 4.37. The molecular weight excluding hydrogens is 288 g/mol. The highest BCUT2D eigenvalue weighted by Gasteiger charge is 2.14.